The molecule has 1 aliphatic rings. The second-order valence-corrected chi connectivity index (χ2v) is 11.8. The number of halogens is 2. The molecule has 2 aromatic rings. The summed E-state index contributed by atoms with van der Waals surface area (Å²) in [4.78, 5) is 28.3. The molecule has 202 valence electrons. The average Bonchev–Trinajstić information content (AvgIpc) is 3.36. The minimum Gasteiger partial charge on any atom is -0.352 e. The molecule has 1 N–H and O–H groups in total. The molecule has 1 atom stereocenters. The molecular formula is C27H35ClFN3O4S. The maximum Gasteiger partial charge on any atom is 0.243 e. The molecule has 3 rings (SSSR count). The molecule has 0 spiro atoms. The van der Waals surface area contributed by atoms with Crippen LogP contribution in [0.15, 0.2) is 48.5 Å². The van der Waals surface area contributed by atoms with E-state index < -0.39 is 21.9 Å². The van der Waals surface area contributed by atoms with Gasteiger partial charge in [0.2, 0.25) is 21.8 Å². The van der Waals surface area contributed by atoms with E-state index in [1.54, 1.807) is 17.0 Å². The third-order valence-electron chi connectivity index (χ3n) is 6.62. The molecule has 0 unspecified atom stereocenters. The predicted molar refractivity (Wildman–Crippen MR) is 144 cm³/mol. The number of carbonyl (C=O) groups is 2. The van der Waals surface area contributed by atoms with E-state index in [9.17, 15) is 22.4 Å². The smallest absolute Gasteiger partial charge is 0.243 e. The van der Waals surface area contributed by atoms with Crippen molar-refractivity contribution < 1.29 is 22.4 Å². The van der Waals surface area contributed by atoms with E-state index in [0.717, 1.165) is 41.8 Å². The number of carbonyl (C=O) groups excluding carboxylic acids is 2. The van der Waals surface area contributed by atoms with Crippen LogP contribution in [0, 0.1) is 5.82 Å². The van der Waals surface area contributed by atoms with Crippen molar-refractivity contribution in [2.24, 2.45) is 0 Å². The molecule has 0 radical (unpaired) electrons. The Bertz CT molecular complexity index is 1150. The summed E-state index contributed by atoms with van der Waals surface area (Å²) in [5.41, 5.74) is 1.17. The van der Waals surface area contributed by atoms with Gasteiger partial charge in [-0.2, -0.15) is 0 Å². The van der Waals surface area contributed by atoms with Crippen LogP contribution >= 0.6 is 11.6 Å². The second-order valence-electron chi connectivity index (χ2n) is 9.48. The highest BCUT2D eigenvalue weighted by Gasteiger charge is 2.30. The Kier molecular flexibility index (Phi) is 10.3. The lowest BCUT2D eigenvalue weighted by molar-refractivity contribution is -0.141. The average molecular weight is 552 g/mol. The van der Waals surface area contributed by atoms with Crippen LogP contribution in [0.3, 0.4) is 0 Å². The summed E-state index contributed by atoms with van der Waals surface area (Å²) in [5.74, 6) is -0.872. The summed E-state index contributed by atoms with van der Waals surface area (Å²) in [6.45, 7) is 2.16. The van der Waals surface area contributed by atoms with E-state index in [0.29, 0.717) is 17.1 Å². The first-order valence-electron chi connectivity index (χ1n) is 12.7. The third kappa shape index (κ3) is 8.43. The molecule has 0 bridgehead atoms. The Labute approximate surface area is 224 Å². The summed E-state index contributed by atoms with van der Waals surface area (Å²) >= 11 is 6.02. The van der Waals surface area contributed by atoms with Crippen molar-refractivity contribution in [2.45, 2.75) is 70.5 Å². The first-order chi connectivity index (χ1) is 17.6. The van der Waals surface area contributed by atoms with Crippen LogP contribution < -0.4 is 9.62 Å². The lowest BCUT2D eigenvalue weighted by Crippen LogP contribution is -2.51. The second kappa shape index (κ2) is 13.2. The van der Waals surface area contributed by atoms with Gasteiger partial charge in [-0.25, -0.2) is 12.8 Å². The fourth-order valence-corrected chi connectivity index (χ4v) is 5.78. The molecule has 2 amide bonds. The lowest BCUT2D eigenvalue weighted by Gasteiger charge is -2.32. The third-order valence-corrected chi connectivity index (χ3v) is 8.07. The maximum absolute atomic E-state index is 13.5. The van der Waals surface area contributed by atoms with Crippen LogP contribution in [0.25, 0.3) is 0 Å². The summed E-state index contributed by atoms with van der Waals surface area (Å²) in [6, 6.07) is 11.8. The number of anilines is 1. The van der Waals surface area contributed by atoms with Crippen molar-refractivity contribution in [3.63, 3.8) is 0 Å². The van der Waals surface area contributed by atoms with Crippen LogP contribution in [0.5, 0.6) is 0 Å². The van der Waals surface area contributed by atoms with Crippen LogP contribution in [-0.2, 0) is 26.2 Å². The van der Waals surface area contributed by atoms with E-state index >= 15 is 0 Å². The first-order valence-corrected chi connectivity index (χ1v) is 14.9. The topological polar surface area (TPSA) is 86.8 Å². The Morgan fingerprint density at radius 1 is 1.08 bits per heavy atom. The largest absolute Gasteiger partial charge is 0.352 e. The Morgan fingerprint density at radius 2 is 1.70 bits per heavy atom. The van der Waals surface area contributed by atoms with Crippen molar-refractivity contribution >= 4 is 39.1 Å². The van der Waals surface area contributed by atoms with Gasteiger partial charge >= 0.3 is 0 Å². The van der Waals surface area contributed by atoms with Gasteiger partial charge < -0.3 is 10.2 Å². The van der Waals surface area contributed by atoms with E-state index in [-0.39, 0.29) is 43.8 Å². The quantitative estimate of drug-likeness (QED) is 0.407. The maximum atomic E-state index is 13.5. The number of rotatable bonds is 12. The Hall–Kier alpha value is -2.65. The summed E-state index contributed by atoms with van der Waals surface area (Å²) in [7, 11) is -3.64. The monoisotopic (exact) mass is 551 g/mol. The zero-order valence-corrected chi connectivity index (χ0v) is 22.9. The molecule has 10 heteroatoms. The van der Waals surface area contributed by atoms with Crippen LogP contribution in [0.4, 0.5) is 10.1 Å². The van der Waals surface area contributed by atoms with Crippen LogP contribution in [-0.4, -0.2) is 50.0 Å². The van der Waals surface area contributed by atoms with Crippen LogP contribution in [0.2, 0.25) is 5.02 Å². The normalized spacial score (nSPS) is 14.8. The van der Waals surface area contributed by atoms with Crippen LogP contribution in [0.1, 0.15) is 57.4 Å². The van der Waals surface area contributed by atoms with E-state index in [1.165, 1.54) is 24.3 Å². The number of nitrogens with zero attached hydrogens (tertiary/aromatic N) is 2. The zero-order chi connectivity index (χ0) is 27.0. The van der Waals surface area contributed by atoms with E-state index in [1.807, 2.05) is 19.1 Å². The summed E-state index contributed by atoms with van der Waals surface area (Å²) < 4.78 is 39.3. The van der Waals surface area contributed by atoms with Crippen molar-refractivity contribution in [2.75, 3.05) is 17.1 Å². The predicted octanol–water partition coefficient (Wildman–Crippen LogP) is 4.89. The fraction of sp³-hybridized carbons (Fsp3) is 0.481. The first kappa shape index (κ1) is 28.9. The van der Waals surface area contributed by atoms with Gasteiger partial charge in [0.25, 0.3) is 0 Å². The summed E-state index contributed by atoms with van der Waals surface area (Å²) in [5, 5.41) is 3.69. The van der Waals surface area contributed by atoms with Gasteiger partial charge in [0, 0.05) is 30.6 Å². The molecule has 1 fully saturated rings. The van der Waals surface area contributed by atoms with Crippen molar-refractivity contribution in [1.82, 2.24) is 10.2 Å². The minimum absolute atomic E-state index is 0.0496. The molecule has 7 nitrogen and oxygen atoms in total. The van der Waals surface area contributed by atoms with E-state index in [2.05, 4.69) is 5.32 Å². The summed E-state index contributed by atoms with van der Waals surface area (Å²) in [6.07, 6.45) is 5.86. The number of benzene rings is 2. The van der Waals surface area contributed by atoms with Gasteiger partial charge in [0.15, 0.2) is 0 Å². The van der Waals surface area contributed by atoms with Gasteiger partial charge in [0.1, 0.15) is 11.9 Å². The number of sulfonamides is 1. The number of nitrogens with one attached hydrogen (secondary N) is 1. The van der Waals surface area contributed by atoms with Gasteiger partial charge in [-0.15, -0.1) is 0 Å². The molecule has 0 heterocycles. The molecule has 2 aromatic carbocycles. The zero-order valence-electron chi connectivity index (χ0n) is 21.3. The Morgan fingerprint density at radius 3 is 2.27 bits per heavy atom. The van der Waals surface area contributed by atoms with Gasteiger partial charge in [-0.1, -0.05) is 43.5 Å². The molecule has 1 aliphatic carbocycles. The lowest BCUT2D eigenvalue weighted by atomic mass is 10.1. The van der Waals surface area contributed by atoms with Gasteiger partial charge in [-0.3, -0.25) is 13.9 Å². The number of hydrogen-bond donors (Lipinski definition) is 1. The van der Waals surface area contributed by atoms with Gasteiger partial charge in [0.05, 0.1) is 11.9 Å². The van der Waals surface area contributed by atoms with E-state index in [4.69, 9.17) is 11.6 Å². The van der Waals surface area contributed by atoms with Crippen molar-refractivity contribution in [1.29, 1.82) is 0 Å². The van der Waals surface area contributed by atoms with Gasteiger partial charge in [-0.05, 0) is 67.6 Å². The molecule has 0 saturated heterocycles. The minimum atomic E-state index is -3.64. The molecule has 0 aliphatic heterocycles. The molecule has 1 saturated carbocycles. The molecule has 37 heavy (non-hydrogen) atoms. The SMILES string of the molecule is CC[C@H](C(=O)NC1CCCC1)N(Cc1ccc(Cl)cc1)C(=O)CCCN(c1ccc(F)cc1)S(C)(=O)=O. The number of hydrogen-bond acceptors (Lipinski definition) is 4. The Balaban J connectivity index is 1.74. The highest BCUT2D eigenvalue weighted by molar-refractivity contribution is 7.92. The highest BCUT2D eigenvalue weighted by atomic mass is 35.5. The highest BCUT2D eigenvalue weighted by Crippen LogP contribution is 2.22. The fourth-order valence-electron chi connectivity index (χ4n) is 4.68. The van der Waals surface area contributed by atoms with Crippen molar-refractivity contribution in [3.8, 4) is 0 Å². The molecule has 0 aromatic heterocycles. The number of amides is 2. The molecular weight excluding hydrogens is 517 g/mol. The van der Waals surface area contributed by atoms with Crippen molar-refractivity contribution in [3.05, 3.63) is 64.9 Å². The standard InChI is InChI=1S/C27H35ClFN3O4S/c1-3-25(27(34)30-23-7-4-5-8-23)31(19-20-10-12-21(28)13-11-20)26(33)9-6-18-32(37(2,35)36)24-16-14-22(29)15-17-24/h10-17,23,25H,3-9,18-19H2,1-2H3,(H,30,34)/t25-/m1/s1.